The fourth-order valence-electron chi connectivity index (χ4n) is 5.55. The van der Waals surface area contributed by atoms with E-state index in [0.29, 0.717) is 27.6 Å². The van der Waals surface area contributed by atoms with Gasteiger partial charge in [0.1, 0.15) is 21.2 Å². The van der Waals surface area contributed by atoms with E-state index in [0.717, 1.165) is 12.1 Å². The molecule has 0 aliphatic heterocycles. The number of hydrogen-bond donors (Lipinski definition) is 4. The Hall–Kier alpha value is -5.75. The minimum Gasteiger partial charge on any atom is -0.396 e. The molecule has 260 valence electrons. The zero-order valence-electron chi connectivity index (χ0n) is 26.2. The van der Waals surface area contributed by atoms with Gasteiger partial charge in [0.15, 0.2) is 0 Å². The van der Waals surface area contributed by atoms with Crippen molar-refractivity contribution in [3.8, 4) is 11.1 Å². The van der Waals surface area contributed by atoms with Crippen molar-refractivity contribution in [1.82, 2.24) is 0 Å². The van der Waals surface area contributed by atoms with Crippen molar-refractivity contribution < 1.29 is 39.1 Å². The molecule has 0 aliphatic carbocycles. The van der Waals surface area contributed by atoms with Gasteiger partial charge in [-0.25, -0.2) is 0 Å². The summed E-state index contributed by atoms with van der Waals surface area (Å²) in [5, 5.41) is 16.9. The van der Waals surface area contributed by atoms with Crippen molar-refractivity contribution in [1.29, 1.82) is 0 Å². The van der Waals surface area contributed by atoms with Crippen molar-refractivity contribution in [2.24, 2.45) is 20.5 Å². The summed E-state index contributed by atoms with van der Waals surface area (Å²) in [6.07, 6.45) is -4.87. The Balaban J connectivity index is 1.35. The number of rotatable bonds is 7. The number of alkyl halides is 3. The Bertz CT molecular complexity index is 2680. The molecule has 0 saturated carbocycles. The van der Waals surface area contributed by atoms with Crippen molar-refractivity contribution >= 4 is 75.9 Å². The first-order chi connectivity index (χ1) is 23.9. The summed E-state index contributed by atoms with van der Waals surface area (Å²) in [5.74, 6) is 0. The first-order valence-corrected chi connectivity index (χ1v) is 17.5. The topological polar surface area (TPSA) is 210 Å². The van der Waals surface area contributed by atoms with Gasteiger partial charge in [0.25, 0.3) is 20.2 Å². The molecule has 0 amide bonds. The van der Waals surface area contributed by atoms with Crippen LogP contribution in [0.2, 0.25) is 0 Å². The summed E-state index contributed by atoms with van der Waals surface area (Å²) in [6.45, 7) is 1.65. The van der Waals surface area contributed by atoms with Crippen LogP contribution in [0.1, 0.15) is 11.1 Å². The second kappa shape index (κ2) is 12.9. The van der Waals surface area contributed by atoms with Gasteiger partial charge >= 0.3 is 6.18 Å². The Morgan fingerprint density at radius 1 is 0.569 bits per heavy atom. The largest absolute Gasteiger partial charge is 0.418 e. The summed E-state index contributed by atoms with van der Waals surface area (Å²) < 4.78 is 111. The maximum Gasteiger partial charge on any atom is 0.418 e. The average Bonchev–Trinajstić information content (AvgIpc) is 3.05. The Morgan fingerprint density at radius 3 is 1.43 bits per heavy atom. The number of nitrogen functional groups attached to an aromatic ring is 2. The molecule has 0 saturated heterocycles. The van der Waals surface area contributed by atoms with E-state index in [9.17, 15) is 39.1 Å². The van der Waals surface area contributed by atoms with Crippen molar-refractivity contribution in [2.45, 2.75) is 22.9 Å². The van der Waals surface area contributed by atoms with Crippen LogP contribution in [0, 0.1) is 6.92 Å². The van der Waals surface area contributed by atoms with Gasteiger partial charge in [0.2, 0.25) is 0 Å². The maximum atomic E-state index is 14.3. The Labute approximate surface area is 288 Å². The molecule has 6 N–H and O–H groups in total. The molecule has 0 heterocycles. The van der Waals surface area contributed by atoms with E-state index in [1.807, 2.05) is 0 Å². The average molecular weight is 735 g/mol. The molecular weight excluding hydrogens is 710 g/mol. The van der Waals surface area contributed by atoms with Crippen LogP contribution < -0.4 is 11.5 Å². The summed E-state index contributed by atoms with van der Waals surface area (Å²) in [5.41, 5.74) is 10.6. The molecule has 0 fully saturated rings. The molecular formula is C34H25F3N6O6S2. The Morgan fingerprint density at radius 2 is 0.980 bits per heavy atom. The molecule has 0 aromatic heterocycles. The number of azo groups is 2. The molecule has 6 rings (SSSR count). The van der Waals surface area contributed by atoms with Crippen LogP contribution in [0.25, 0.3) is 32.7 Å². The van der Waals surface area contributed by atoms with Gasteiger partial charge in [-0.2, -0.15) is 35.1 Å². The highest BCUT2D eigenvalue weighted by molar-refractivity contribution is 7.86. The van der Waals surface area contributed by atoms with Crippen LogP contribution in [0.3, 0.4) is 0 Å². The highest BCUT2D eigenvalue weighted by Gasteiger charge is 2.34. The van der Waals surface area contributed by atoms with Crippen molar-refractivity contribution in [2.75, 3.05) is 11.5 Å². The molecule has 0 unspecified atom stereocenters. The lowest BCUT2D eigenvalue weighted by Crippen LogP contribution is -2.05. The third-order valence-electron chi connectivity index (χ3n) is 7.92. The molecule has 6 aromatic carbocycles. The maximum absolute atomic E-state index is 14.3. The molecule has 6 aromatic rings. The van der Waals surface area contributed by atoms with E-state index < -0.39 is 53.1 Å². The zero-order chi connectivity index (χ0) is 36.9. The third kappa shape index (κ3) is 7.00. The van der Waals surface area contributed by atoms with Crippen LogP contribution in [-0.2, 0) is 26.4 Å². The van der Waals surface area contributed by atoms with Crippen LogP contribution in [0.4, 0.5) is 47.3 Å². The van der Waals surface area contributed by atoms with Gasteiger partial charge in [0, 0.05) is 10.8 Å². The normalized spacial score (nSPS) is 12.8. The number of hydrogen-bond acceptors (Lipinski definition) is 10. The monoisotopic (exact) mass is 734 g/mol. The van der Waals surface area contributed by atoms with Crippen LogP contribution in [0.5, 0.6) is 0 Å². The van der Waals surface area contributed by atoms with Gasteiger partial charge < -0.3 is 11.5 Å². The first kappa shape index (κ1) is 35.1. The smallest absolute Gasteiger partial charge is 0.396 e. The van der Waals surface area contributed by atoms with Gasteiger partial charge in [-0.1, -0.05) is 60.7 Å². The van der Waals surface area contributed by atoms with E-state index in [4.69, 9.17) is 11.5 Å². The molecule has 0 aliphatic rings. The zero-order valence-corrected chi connectivity index (χ0v) is 27.8. The molecule has 0 atom stereocenters. The third-order valence-corrected chi connectivity index (χ3v) is 9.83. The van der Waals surface area contributed by atoms with Crippen LogP contribution in [0.15, 0.2) is 127 Å². The van der Waals surface area contributed by atoms with Crippen LogP contribution >= 0.6 is 0 Å². The van der Waals surface area contributed by atoms with Gasteiger partial charge in [-0.05, 0) is 70.8 Å². The standard InChI is InChI=1S/C34H25F3N6O6S2/c1-18-14-19(10-12-26(18)40-42-28-16-21-6-2-4-8-23(21)32(30(28)38)50(44,45)46)20-11-13-27(25(15-20)34(35,36)37)41-43-29-17-22-7-3-5-9-24(22)33(31(29)39)51(47,48)49/h2-17H,38-39H2,1H3,(H,44,45,46)(H,47,48,49). The number of anilines is 2. The van der Waals surface area contributed by atoms with Crippen molar-refractivity contribution in [3.05, 3.63) is 108 Å². The predicted molar refractivity (Wildman–Crippen MR) is 186 cm³/mol. The second-order valence-corrected chi connectivity index (χ2v) is 14.0. The fraction of sp³-hybridized carbons (Fsp3) is 0.0588. The molecule has 12 nitrogen and oxygen atoms in total. The minimum atomic E-state index is -4.87. The van der Waals surface area contributed by atoms with E-state index in [-0.39, 0.29) is 33.4 Å². The highest BCUT2D eigenvalue weighted by atomic mass is 32.2. The van der Waals surface area contributed by atoms with Gasteiger partial charge in [-0.3, -0.25) is 9.11 Å². The van der Waals surface area contributed by atoms with Gasteiger partial charge in [-0.15, -0.1) is 15.3 Å². The molecule has 17 heteroatoms. The number of halogens is 3. The minimum absolute atomic E-state index is 0.0240. The predicted octanol–water partition coefficient (Wildman–Crippen LogP) is 9.48. The lowest BCUT2D eigenvalue weighted by atomic mass is 9.99. The van der Waals surface area contributed by atoms with Crippen molar-refractivity contribution in [3.63, 3.8) is 0 Å². The molecule has 0 bridgehead atoms. The summed E-state index contributed by atoms with van der Waals surface area (Å²) in [7, 11) is -9.55. The van der Waals surface area contributed by atoms with Gasteiger partial charge in [0.05, 0.1) is 28.3 Å². The Kier molecular flexibility index (Phi) is 8.84. The number of benzene rings is 6. The summed E-state index contributed by atoms with van der Waals surface area (Å²) in [4.78, 5) is -1.14. The van der Waals surface area contributed by atoms with Crippen LogP contribution in [-0.4, -0.2) is 25.9 Å². The lowest BCUT2D eigenvalue weighted by Gasteiger charge is -2.13. The SMILES string of the molecule is Cc1cc(-c2ccc(N=Nc3cc4ccccc4c(S(=O)(=O)O)c3N)c(C(F)(F)F)c2)ccc1N=Nc1cc2ccccc2c(S(=O)(=O)O)c1N. The summed E-state index contributed by atoms with van der Waals surface area (Å²) >= 11 is 0. The first-order valence-electron chi connectivity index (χ1n) is 14.7. The lowest BCUT2D eigenvalue weighted by molar-refractivity contribution is -0.137. The van der Waals surface area contributed by atoms with E-state index in [2.05, 4.69) is 20.5 Å². The number of aryl methyl sites for hydroxylation is 1. The quantitative estimate of drug-likeness (QED) is 0.0703. The fourth-order valence-corrected chi connectivity index (χ4v) is 7.24. The number of nitrogens with two attached hydrogens (primary N) is 2. The summed E-state index contributed by atoms with van der Waals surface area (Å²) in [6, 6.07) is 23.2. The highest BCUT2D eigenvalue weighted by Crippen LogP contribution is 2.42. The van der Waals surface area contributed by atoms with E-state index >= 15 is 0 Å². The number of nitrogens with zero attached hydrogens (tertiary/aromatic N) is 4. The van der Waals surface area contributed by atoms with E-state index in [1.54, 1.807) is 37.3 Å². The second-order valence-electron chi connectivity index (χ2n) is 11.3. The number of fused-ring (bicyclic) bond motifs is 2. The molecule has 51 heavy (non-hydrogen) atoms. The molecule has 0 spiro atoms. The van der Waals surface area contributed by atoms with E-state index in [1.165, 1.54) is 54.6 Å². The molecule has 0 radical (unpaired) electrons.